The predicted molar refractivity (Wildman–Crippen MR) is 99.2 cm³/mol. The van der Waals surface area contributed by atoms with Crippen LogP contribution in [0.3, 0.4) is 0 Å². The average Bonchev–Trinajstić information content (AvgIpc) is 3.07. The SMILES string of the molecule is C[C@@H](NC(=O)N(Cc1ccncc1)C[C@@H]1CCC(=O)N1)c1ccc(F)cc1. The number of pyridine rings is 1. The van der Waals surface area contributed by atoms with Crippen LogP contribution in [0, 0.1) is 5.82 Å². The summed E-state index contributed by atoms with van der Waals surface area (Å²) in [4.78, 5) is 30.0. The molecule has 1 aromatic heterocycles. The summed E-state index contributed by atoms with van der Waals surface area (Å²) in [6, 6.07) is 9.23. The van der Waals surface area contributed by atoms with Gasteiger partial charge in [0.15, 0.2) is 0 Å². The number of rotatable bonds is 6. The van der Waals surface area contributed by atoms with Crippen LogP contribution in [0.15, 0.2) is 48.8 Å². The van der Waals surface area contributed by atoms with Crippen molar-refractivity contribution in [3.05, 3.63) is 65.7 Å². The number of nitrogens with zero attached hydrogens (tertiary/aromatic N) is 2. The summed E-state index contributed by atoms with van der Waals surface area (Å²) in [6.45, 7) is 2.69. The van der Waals surface area contributed by atoms with Gasteiger partial charge in [0.05, 0.1) is 6.04 Å². The largest absolute Gasteiger partial charge is 0.352 e. The lowest BCUT2D eigenvalue weighted by atomic mass is 10.1. The van der Waals surface area contributed by atoms with E-state index in [0.717, 1.165) is 11.1 Å². The highest BCUT2D eigenvalue weighted by molar-refractivity contribution is 5.79. The summed E-state index contributed by atoms with van der Waals surface area (Å²) < 4.78 is 13.1. The van der Waals surface area contributed by atoms with Crippen molar-refractivity contribution in [3.63, 3.8) is 0 Å². The molecule has 142 valence electrons. The van der Waals surface area contributed by atoms with Gasteiger partial charge in [0.2, 0.25) is 5.91 Å². The quantitative estimate of drug-likeness (QED) is 0.821. The molecular formula is C20H23FN4O2. The summed E-state index contributed by atoms with van der Waals surface area (Å²) >= 11 is 0. The Bertz CT molecular complexity index is 782. The second-order valence-electron chi connectivity index (χ2n) is 6.76. The number of halogens is 1. The number of urea groups is 1. The minimum atomic E-state index is -0.312. The number of carbonyl (C=O) groups excluding carboxylic acids is 2. The highest BCUT2D eigenvalue weighted by Gasteiger charge is 2.26. The van der Waals surface area contributed by atoms with Gasteiger partial charge in [0.25, 0.3) is 0 Å². The molecule has 0 saturated carbocycles. The van der Waals surface area contributed by atoms with E-state index in [1.54, 1.807) is 29.4 Å². The second kappa shape index (κ2) is 8.62. The zero-order valence-corrected chi connectivity index (χ0v) is 15.2. The summed E-state index contributed by atoms with van der Waals surface area (Å²) in [6.07, 6.45) is 4.57. The lowest BCUT2D eigenvalue weighted by molar-refractivity contribution is -0.119. The van der Waals surface area contributed by atoms with Crippen LogP contribution in [-0.2, 0) is 11.3 Å². The average molecular weight is 370 g/mol. The van der Waals surface area contributed by atoms with Crippen molar-refractivity contribution in [3.8, 4) is 0 Å². The first kappa shape index (κ1) is 18.8. The molecule has 0 radical (unpaired) electrons. The van der Waals surface area contributed by atoms with Gasteiger partial charge in [-0.15, -0.1) is 0 Å². The van der Waals surface area contributed by atoms with Gasteiger partial charge >= 0.3 is 6.03 Å². The van der Waals surface area contributed by atoms with E-state index in [-0.39, 0.29) is 29.8 Å². The molecule has 27 heavy (non-hydrogen) atoms. The van der Waals surface area contributed by atoms with E-state index in [2.05, 4.69) is 15.6 Å². The van der Waals surface area contributed by atoms with Gasteiger partial charge in [0.1, 0.15) is 5.82 Å². The fraction of sp³-hybridized carbons (Fsp3) is 0.350. The minimum absolute atomic E-state index is 0.0175. The van der Waals surface area contributed by atoms with Gasteiger partial charge in [-0.05, 0) is 48.7 Å². The molecule has 0 unspecified atom stereocenters. The molecule has 7 heteroatoms. The Labute approximate surface area is 157 Å². The van der Waals surface area contributed by atoms with Crippen molar-refractivity contribution in [1.82, 2.24) is 20.5 Å². The van der Waals surface area contributed by atoms with Crippen molar-refractivity contribution in [2.75, 3.05) is 6.54 Å². The first-order chi connectivity index (χ1) is 13.0. The topological polar surface area (TPSA) is 74.3 Å². The first-order valence-corrected chi connectivity index (χ1v) is 9.00. The van der Waals surface area contributed by atoms with Crippen LogP contribution in [0.1, 0.15) is 36.9 Å². The Balaban J connectivity index is 1.69. The second-order valence-corrected chi connectivity index (χ2v) is 6.76. The highest BCUT2D eigenvalue weighted by atomic mass is 19.1. The maximum Gasteiger partial charge on any atom is 0.318 e. The maximum absolute atomic E-state index is 13.1. The molecule has 1 aromatic carbocycles. The third-order valence-electron chi connectivity index (χ3n) is 4.65. The smallest absolute Gasteiger partial charge is 0.318 e. The number of hydrogen-bond donors (Lipinski definition) is 2. The molecule has 1 saturated heterocycles. The molecule has 2 N–H and O–H groups in total. The van der Waals surface area contributed by atoms with Gasteiger partial charge in [-0.2, -0.15) is 0 Å². The number of carbonyl (C=O) groups is 2. The zero-order valence-electron chi connectivity index (χ0n) is 15.2. The summed E-state index contributed by atoms with van der Waals surface area (Å²) in [7, 11) is 0. The highest BCUT2D eigenvalue weighted by Crippen LogP contribution is 2.15. The Hall–Kier alpha value is -2.96. The third kappa shape index (κ3) is 5.26. The van der Waals surface area contributed by atoms with Crippen molar-refractivity contribution in [1.29, 1.82) is 0 Å². The van der Waals surface area contributed by atoms with E-state index in [9.17, 15) is 14.0 Å². The van der Waals surface area contributed by atoms with Crippen LogP contribution >= 0.6 is 0 Å². The molecule has 0 spiro atoms. The molecule has 1 fully saturated rings. The molecule has 1 aliphatic rings. The number of benzene rings is 1. The van der Waals surface area contributed by atoms with Crippen LogP contribution in [0.5, 0.6) is 0 Å². The van der Waals surface area contributed by atoms with Crippen molar-refractivity contribution < 1.29 is 14.0 Å². The lowest BCUT2D eigenvalue weighted by Crippen LogP contribution is -2.46. The van der Waals surface area contributed by atoms with Crippen molar-refractivity contribution in [2.45, 2.75) is 38.4 Å². The molecule has 0 bridgehead atoms. The van der Waals surface area contributed by atoms with E-state index in [1.165, 1.54) is 12.1 Å². The normalized spacial score (nSPS) is 17.3. The van der Waals surface area contributed by atoms with E-state index in [1.807, 2.05) is 19.1 Å². The fourth-order valence-electron chi connectivity index (χ4n) is 3.12. The van der Waals surface area contributed by atoms with Gasteiger partial charge in [-0.25, -0.2) is 9.18 Å². The molecule has 0 aliphatic carbocycles. The van der Waals surface area contributed by atoms with Gasteiger partial charge in [-0.1, -0.05) is 12.1 Å². The molecule has 6 nitrogen and oxygen atoms in total. The number of amides is 3. The number of aromatic nitrogens is 1. The Morgan fingerprint density at radius 3 is 2.63 bits per heavy atom. The zero-order chi connectivity index (χ0) is 19.2. The van der Waals surface area contributed by atoms with Gasteiger partial charge in [-0.3, -0.25) is 9.78 Å². The molecule has 2 heterocycles. The van der Waals surface area contributed by atoms with E-state index < -0.39 is 0 Å². The minimum Gasteiger partial charge on any atom is -0.352 e. The van der Waals surface area contributed by atoms with Crippen LogP contribution in [0.4, 0.5) is 9.18 Å². The number of nitrogens with one attached hydrogen (secondary N) is 2. The Morgan fingerprint density at radius 2 is 2.00 bits per heavy atom. The molecule has 2 aromatic rings. The molecule has 2 atom stereocenters. The van der Waals surface area contributed by atoms with E-state index in [0.29, 0.717) is 25.9 Å². The maximum atomic E-state index is 13.1. The standard InChI is InChI=1S/C20H23FN4O2/c1-14(16-2-4-17(21)5-3-16)23-20(27)25(12-15-8-10-22-11-9-15)13-18-6-7-19(26)24-18/h2-5,8-11,14,18H,6-7,12-13H2,1H3,(H,23,27)(H,24,26)/t14-,18+/m1/s1. The summed E-state index contributed by atoms with van der Waals surface area (Å²) in [5.74, 6) is -0.294. The number of hydrogen-bond acceptors (Lipinski definition) is 3. The van der Waals surface area contributed by atoms with Crippen LogP contribution in [0.25, 0.3) is 0 Å². The Kier molecular flexibility index (Phi) is 6.01. The first-order valence-electron chi connectivity index (χ1n) is 9.00. The van der Waals surface area contributed by atoms with Crippen LogP contribution < -0.4 is 10.6 Å². The lowest BCUT2D eigenvalue weighted by Gasteiger charge is -2.28. The monoisotopic (exact) mass is 370 g/mol. The fourth-order valence-corrected chi connectivity index (χ4v) is 3.12. The predicted octanol–water partition coefficient (Wildman–Crippen LogP) is 2.77. The molecule has 1 aliphatic heterocycles. The molecule has 3 amide bonds. The van der Waals surface area contributed by atoms with Crippen LogP contribution in [0.2, 0.25) is 0 Å². The van der Waals surface area contributed by atoms with Gasteiger partial charge < -0.3 is 15.5 Å². The third-order valence-corrected chi connectivity index (χ3v) is 4.65. The van der Waals surface area contributed by atoms with Crippen molar-refractivity contribution >= 4 is 11.9 Å². The van der Waals surface area contributed by atoms with E-state index >= 15 is 0 Å². The molecular weight excluding hydrogens is 347 g/mol. The van der Waals surface area contributed by atoms with Gasteiger partial charge in [0, 0.05) is 37.9 Å². The van der Waals surface area contributed by atoms with Crippen LogP contribution in [-0.4, -0.2) is 34.4 Å². The Morgan fingerprint density at radius 1 is 1.30 bits per heavy atom. The molecule has 3 rings (SSSR count). The summed E-state index contributed by atoms with van der Waals surface area (Å²) in [5, 5.41) is 5.86. The van der Waals surface area contributed by atoms with E-state index in [4.69, 9.17) is 0 Å². The summed E-state index contributed by atoms with van der Waals surface area (Å²) in [5.41, 5.74) is 1.78. The van der Waals surface area contributed by atoms with Crippen molar-refractivity contribution in [2.24, 2.45) is 0 Å².